The van der Waals surface area contributed by atoms with Crippen LogP contribution in [0.25, 0.3) is 0 Å². The fourth-order valence-electron chi connectivity index (χ4n) is 1.79. The van der Waals surface area contributed by atoms with Crippen LogP contribution in [0, 0.1) is 5.92 Å². The van der Waals surface area contributed by atoms with Gasteiger partial charge in [-0.3, -0.25) is 0 Å². The van der Waals surface area contributed by atoms with Gasteiger partial charge in [-0.05, 0) is 25.8 Å². The summed E-state index contributed by atoms with van der Waals surface area (Å²) < 4.78 is 2.10. The van der Waals surface area contributed by atoms with E-state index in [-0.39, 0.29) is 0 Å². The van der Waals surface area contributed by atoms with Gasteiger partial charge >= 0.3 is 0 Å². The molecule has 13 heavy (non-hydrogen) atoms. The maximum atomic E-state index is 4.34. The number of likely N-dealkylation sites (N-methyl/N-ethyl adjacent to an activating group) is 1. The van der Waals surface area contributed by atoms with Crippen molar-refractivity contribution in [3.63, 3.8) is 0 Å². The third-order valence-electron chi connectivity index (χ3n) is 2.89. The fourth-order valence-corrected chi connectivity index (χ4v) is 1.79. The predicted molar refractivity (Wildman–Crippen MR) is 52.5 cm³/mol. The van der Waals surface area contributed by atoms with Crippen LogP contribution in [-0.4, -0.2) is 22.6 Å². The average Bonchev–Trinajstić information content (AvgIpc) is 2.88. The molecule has 0 amide bonds. The predicted octanol–water partition coefficient (Wildman–Crippen LogP) is 0.961. The SMILES string of the molecule is CNC(Cc1nccn1C)C1CC1. The lowest BCUT2D eigenvalue weighted by molar-refractivity contribution is 0.484. The second-order valence-electron chi connectivity index (χ2n) is 3.89. The summed E-state index contributed by atoms with van der Waals surface area (Å²) in [5.41, 5.74) is 0. The van der Waals surface area contributed by atoms with E-state index in [1.54, 1.807) is 0 Å². The first kappa shape index (κ1) is 8.75. The molecule has 0 bridgehead atoms. The zero-order chi connectivity index (χ0) is 9.26. The summed E-state index contributed by atoms with van der Waals surface area (Å²) in [5.74, 6) is 2.08. The average molecular weight is 179 g/mol. The number of imidazole rings is 1. The Kier molecular flexibility index (Phi) is 2.36. The minimum absolute atomic E-state index is 0.626. The molecular weight excluding hydrogens is 162 g/mol. The molecule has 1 fully saturated rings. The van der Waals surface area contributed by atoms with Crippen molar-refractivity contribution >= 4 is 0 Å². The second-order valence-corrected chi connectivity index (χ2v) is 3.89. The van der Waals surface area contributed by atoms with Gasteiger partial charge in [0.15, 0.2) is 0 Å². The number of aromatic nitrogens is 2. The molecule has 0 aromatic carbocycles. The quantitative estimate of drug-likeness (QED) is 0.746. The molecule has 1 aromatic rings. The number of rotatable bonds is 4. The maximum Gasteiger partial charge on any atom is 0.109 e. The molecule has 72 valence electrons. The Hall–Kier alpha value is -0.830. The Morgan fingerprint density at radius 2 is 2.46 bits per heavy atom. The molecule has 1 unspecified atom stereocenters. The van der Waals surface area contributed by atoms with E-state index in [0.717, 1.165) is 12.3 Å². The van der Waals surface area contributed by atoms with E-state index in [9.17, 15) is 0 Å². The molecule has 0 aliphatic heterocycles. The van der Waals surface area contributed by atoms with Crippen LogP contribution in [0.1, 0.15) is 18.7 Å². The summed E-state index contributed by atoms with van der Waals surface area (Å²) in [6, 6.07) is 0.626. The van der Waals surface area contributed by atoms with Crippen LogP contribution in [0.4, 0.5) is 0 Å². The first-order valence-corrected chi connectivity index (χ1v) is 4.94. The topological polar surface area (TPSA) is 29.9 Å². The molecule has 1 atom stereocenters. The van der Waals surface area contributed by atoms with Crippen molar-refractivity contribution in [1.29, 1.82) is 0 Å². The molecule has 3 nitrogen and oxygen atoms in total. The van der Waals surface area contributed by atoms with Crippen molar-refractivity contribution in [2.75, 3.05) is 7.05 Å². The lowest BCUT2D eigenvalue weighted by Gasteiger charge is -2.14. The summed E-state index contributed by atoms with van der Waals surface area (Å²) in [6.45, 7) is 0. The van der Waals surface area contributed by atoms with E-state index >= 15 is 0 Å². The highest BCUT2D eigenvalue weighted by atomic mass is 15.0. The Bertz CT molecular complexity index is 275. The lowest BCUT2D eigenvalue weighted by Crippen LogP contribution is -2.30. The van der Waals surface area contributed by atoms with Gasteiger partial charge in [-0.2, -0.15) is 0 Å². The number of aryl methyl sites for hydroxylation is 1. The molecule has 0 saturated heterocycles. The Morgan fingerprint density at radius 3 is 2.92 bits per heavy atom. The fraction of sp³-hybridized carbons (Fsp3) is 0.700. The van der Waals surface area contributed by atoms with Crippen molar-refractivity contribution in [2.24, 2.45) is 13.0 Å². The van der Waals surface area contributed by atoms with Crippen LogP contribution in [0.5, 0.6) is 0 Å². The molecule has 1 N–H and O–H groups in total. The molecule has 1 heterocycles. The standard InChI is InChI=1S/C10H17N3/c1-11-9(8-3-4-8)7-10-12-5-6-13(10)2/h5-6,8-9,11H,3-4,7H2,1-2H3. The van der Waals surface area contributed by atoms with Crippen molar-refractivity contribution < 1.29 is 0 Å². The number of nitrogens with zero attached hydrogens (tertiary/aromatic N) is 2. The Balaban J connectivity index is 1.99. The largest absolute Gasteiger partial charge is 0.338 e. The summed E-state index contributed by atoms with van der Waals surface area (Å²) >= 11 is 0. The van der Waals surface area contributed by atoms with Crippen molar-refractivity contribution in [3.05, 3.63) is 18.2 Å². The van der Waals surface area contributed by atoms with Gasteiger partial charge in [0.1, 0.15) is 5.82 Å². The van der Waals surface area contributed by atoms with Crippen molar-refractivity contribution in [3.8, 4) is 0 Å². The number of nitrogens with one attached hydrogen (secondary N) is 1. The molecule has 0 spiro atoms. The highest BCUT2D eigenvalue weighted by Gasteiger charge is 2.30. The smallest absolute Gasteiger partial charge is 0.109 e. The van der Waals surface area contributed by atoms with Crippen LogP contribution in [-0.2, 0) is 13.5 Å². The van der Waals surface area contributed by atoms with Crippen LogP contribution < -0.4 is 5.32 Å². The van der Waals surface area contributed by atoms with E-state index in [4.69, 9.17) is 0 Å². The molecular formula is C10H17N3. The normalized spacial score (nSPS) is 18.9. The summed E-state index contributed by atoms with van der Waals surface area (Å²) in [7, 11) is 4.11. The van der Waals surface area contributed by atoms with Gasteiger partial charge in [-0.15, -0.1) is 0 Å². The Morgan fingerprint density at radius 1 is 1.69 bits per heavy atom. The molecule has 3 heteroatoms. The molecule has 1 aliphatic carbocycles. The summed E-state index contributed by atoms with van der Waals surface area (Å²) in [6.07, 6.45) is 7.71. The molecule has 1 aliphatic rings. The third-order valence-corrected chi connectivity index (χ3v) is 2.89. The van der Waals surface area contributed by atoms with Gasteiger partial charge < -0.3 is 9.88 Å². The van der Waals surface area contributed by atoms with E-state index in [1.165, 1.54) is 18.7 Å². The minimum Gasteiger partial charge on any atom is -0.338 e. The first-order valence-electron chi connectivity index (χ1n) is 4.94. The highest BCUT2D eigenvalue weighted by Crippen LogP contribution is 2.33. The number of hydrogen-bond donors (Lipinski definition) is 1. The first-order chi connectivity index (χ1) is 6.31. The molecule has 1 aromatic heterocycles. The van der Waals surface area contributed by atoms with Crippen LogP contribution in [0.3, 0.4) is 0 Å². The maximum absolute atomic E-state index is 4.34. The zero-order valence-electron chi connectivity index (χ0n) is 8.33. The van der Waals surface area contributed by atoms with Gasteiger partial charge in [-0.1, -0.05) is 0 Å². The zero-order valence-corrected chi connectivity index (χ0v) is 8.33. The van der Waals surface area contributed by atoms with E-state index in [1.807, 2.05) is 19.4 Å². The lowest BCUT2D eigenvalue weighted by atomic mass is 10.1. The molecule has 1 saturated carbocycles. The van der Waals surface area contributed by atoms with Gasteiger partial charge in [-0.25, -0.2) is 4.98 Å². The van der Waals surface area contributed by atoms with Gasteiger partial charge in [0.2, 0.25) is 0 Å². The van der Waals surface area contributed by atoms with Crippen molar-refractivity contribution in [1.82, 2.24) is 14.9 Å². The highest BCUT2D eigenvalue weighted by molar-refractivity contribution is 4.98. The monoisotopic (exact) mass is 179 g/mol. The Labute approximate surface area is 79.2 Å². The van der Waals surface area contributed by atoms with E-state index in [0.29, 0.717) is 6.04 Å². The van der Waals surface area contributed by atoms with E-state index < -0.39 is 0 Å². The van der Waals surface area contributed by atoms with Crippen LogP contribution >= 0.6 is 0 Å². The molecule has 0 radical (unpaired) electrons. The van der Waals surface area contributed by atoms with Gasteiger partial charge in [0, 0.05) is 31.9 Å². The van der Waals surface area contributed by atoms with Crippen LogP contribution in [0.2, 0.25) is 0 Å². The van der Waals surface area contributed by atoms with Crippen LogP contribution in [0.15, 0.2) is 12.4 Å². The summed E-state index contributed by atoms with van der Waals surface area (Å²) in [4.78, 5) is 4.34. The summed E-state index contributed by atoms with van der Waals surface area (Å²) in [5, 5.41) is 3.38. The third kappa shape index (κ3) is 1.91. The van der Waals surface area contributed by atoms with Gasteiger partial charge in [0.25, 0.3) is 0 Å². The number of hydrogen-bond acceptors (Lipinski definition) is 2. The van der Waals surface area contributed by atoms with Crippen molar-refractivity contribution in [2.45, 2.75) is 25.3 Å². The van der Waals surface area contributed by atoms with E-state index in [2.05, 4.69) is 21.9 Å². The second kappa shape index (κ2) is 3.50. The molecule has 2 rings (SSSR count). The van der Waals surface area contributed by atoms with Gasteiger partial charge in [0.05, 0.1) is 0 Å². The minimum atomic E-state index is 0.626.